The number of ether oxygens (including phenoxy) is 1. The highest BCUT2D eigenvalue weighted by Crippen LogP contribution is 2.40. The topological polar surface area (TPSA) is 26.3 Å². The first kappa shape index (κ1) is 7.13. The molecule has 0 aromatic heterocycles. The van der Waals surface area contributed by atoms with Crippen molar-refractivity contribution >= 4 is 5.97 Å². The van der Waals surface area contributed by atoms with E-state index >= 15 is 0 Å². The molecule has 0 N–H and O–H groups in total. The maximum atomic E-state index is 11.1. The van der Waals surface area contributed by atoms with E-state index in [1.54, 1.807) is 6.08 Å². The highest BCUT2D eigenvalue weighted by Gasteiger charge is 2.33. The van der Waals surface area contributed by atoms with E-state index in [0.717, 1.165) is 24.8 Å². The number of hydrogen-bond acceptors (Lipinski definition) is 2. The Bertz CT molecular complexity index is 372. The Balaban J connectivity index is 2.07. The molecule has 2 aliphatic carbocycles. The van der Waals surface area contributed by atoms with Crippen LogP contribution in [0.2, 0.25) is 0 Å². The molecule has 3 rings (SSSR count). The first-order valence-corrected chi connectivity index (χ1v) is 4.66. The lowest BCUT2D eigenvalue weighted by Gasteiger charge is -2.21. The van der Waals surface area contributed by atoms with Gasteiger partial charge in [0.2, 0.25) is 0 Å². The molecule has 3 aliphatic rings. The molecule has 1 heterocycles. The lowest BCUT2D eigenvalue weighted by molar-refractivity contribution is -0.138. The Hall–Kier alpha value is -1.31. The lowest BCUT2D eigenvalue weighted by atomic mass is 9.87. The molecular formula is C11H10O2. The molecule has 0 fully saturated rings. The molecule has 1 unspecified atom stereocenters. The summed E-state index contributed by atoms with van der Waals surface area (Å²) in [4.78, 5) is 11.1. The summed E-state index contributed by atoms with van der Waals surface area (Å²) in [6.07, 6.45) is 9.06. The largest absolute Gasteiger partial charge is 0.454 e. The van der Waals surface area contributed by atoms with Gasteiger partial charge in [0.05, 0.1) is 0 Å². The van der Waals surface area contributed by atoms with Gasteiger partial charge in [-0.1, -0.05) is 12.2 Å². The molecule has 0 amide bonds. The summed E-state index contributed by atoms with van der Waals surface area (Å²) in [5.74, 6) is -0.166. The smallest absolute Gasteiger partial charge is 0.331 e. The summed E-state index contributed by atoms with van der Waals surface area (Å²) in [6.45, 7) is 0. The summed E-state index contributed by atoms with van der Waals surface area (Å²) in [7, 11) is 0. The Morgan fingerprint density at radius 3 is 3.31 bits per heavy atom. The fourth-order valence-corrected chi connectivity index (χ4v) is 2.33. The predicted octanol–water partition coefficient (Wildman–Crippen LogP) is 1.89. The second kappa shape index (κ2) is 2.34. The monoisotopic (exact) mass is 174 g/mol. The first-order chi connectivity index (χ1) is 6.34. The number of fused-ring (bicyclic) bond motifs is 2. The third-order valence-electron chi connectivity index (χ3n) is 2.93. The number of hydrogen-bond donors (Lipinski definition) is 0. The van der Waals surface area contributed by atoms with E-state index in [-0.39, 0.29) is 12.1 Å². The Labute approximate surface area is 76.6 Å². The van der Waals surface area contributed by atoms with Gasteiger partial charge in [-0.2, -0.15) is 0 Å². The molecule has 2 nitrogen and oxygen atoms in total. The van der Waals surface area contributed by atoms with Crippen LogP contribution in [0.5, 0.6) is 0 Å². The van der Waals surface area contributed by atoms with E-state index in [1.165, 1.54) is 11.1 Å². The van der Waals surface area contributed by atoms with Crippen LogP contribution >= 0.6 is 0 Å². The molecule has 0 saturated heterocycles. The van der Waals surface area contributed by atoms with Gasteiger partial charge in [-0.25, -0.2) is 4.79 Å². The van der Waals surface area contributed by atoms with Gasteiger partial charge in [0, 0.05) is 11.6 Å². The molecule has 0 saturated carbocycles. The molecule has 1 aliphatic heterocycles. The number of carbonyl (C=O) groups is 1. The minimum atomic E-state index is -0.166. The fraction of sp³-hybridized carbons (Fsp3) is 0.364. The summed E-state index contributed by atoms with van der Waals surface area (Å²) >= 11 is 0. The van der Waals surface area contributed by atoms with E-state index in [2.05, 4.69) is 12.2 Å². The van der Waals surface area contributed by atoms with E-state index in [1.807, 2.05) is 0 Å². The number of rotatable bonds is 0. The summed E-state index contributed by atoms with van der Waals surface area (Å²) in [6, 6.07) is 0. The maximum absolute atomic E-state index is 11.1. The summed E-state index contributed by atoms with van der Waals surface area (Å²) < 4.78 is 5.18. The second-order valence-electron chi connectivity index (χ2n) is 3.67. The van der Waals surface area contributed by atoms with Crippen LogP contribution in [0.3, 0.4) is 0 Å². The van der Waals surface area contributed by atoms with Crippen LogP contribution in [0, 0.1) is 0 Å². The number of carbonyl (C=O) groups excluding carboxylic acids is 1. The Kier molecular flexibility index (Phi) is 1.29. The van der Waals surface area contributed by atoms with Crippen molar-refractivity contribution in [1.82, 2.24) is 0 Å². The van der Waals surface area contributed by atoms with Crippen molar-refractivity contribution < 1.29 is 9.53 Å². The molecule has 0 spiro atoms. The highest BCUT2D eigenvalue weighted by molar-refractivity contribution is 5.87. The van der Waals surface area contributed by atoms with Crippen molar-refractivity contribution in [2.75, 3.05) is 0 Å². The maximum Gasteiger partial charge on any atom is 0.331 e. The van der Waals surface area contributed by atoms with Crippen molar-refractivity contribution in [3.05, 3.63) is 34.9 Å². The van der Waals surface area contributed by atoms with Crippen molar-refractivity contribution in [2.24, 2.45) is 0 Å². The van der Waals surface area contributed by atoms with Crippen LogP contribution in [0.25, 0.3) is 0 Å². The van der Waals surface area contributed by atoms with E-state index < -0.39 is 0 Å². The molecule has 0 aromatic carbocycles. The van der Waals surface area contributed by atoms with Crippen LogP contribution in [-0.4, -0.2) is 12.1 Å². The molecule has 1 atom stereocenters. The van der Waals surface area contributed by atoms with Gasteiger partial charge >= 0.3 is 5.97 Å². The van der Waals surface area contributed by atoms with Gasteiger partial charge in [0.1, 0.15) is 6.10 Å². The molecule has 0 bridgehead atoms. The zero-order chi connectivity index (χ0) is 8.84. The van der Waals surface area contributed by atoms with Crippen LogP contribution in [0.15, 0.2) is 34.9 Å². The van der Waals surface area contributed by atoms with E-state index in [4.69, 9.17) is 4.74 Å². The average Bonchev–Trinajstić information content (AvgIpc) is 2.65. The van der Waals surface area contributed by atoms with E-state index in [9.17, 15) is 4.79 Å². The Morgan fingerprint density at radius 2 is 2.38 bits per heavy atom. The fourth-order valence-electron chi connectivity index (χ4n) is 2.33. The molecule has 2 heteroatoms. The predicted molar refractivity (Wildman–Crippen MR) is 48.0 cm³/mol. The molecule has 13 heavy (non-hydrogen) atoms. The minimum Gasteiger partial charge on any atom is -0.454 e. The van der Waals surface area contributed by atoms with Gasteiger partial charge in [-0.15, -0.1) is 0 Å². The van der Waals surface area contributed by atoms with Crippen LogP contribution < -0.4 is 0 Å². The van der Waals surface area contributed by atoms with Gasteiger partial charge in [-0.05, 0) is 30.4 Å². The first-order valence-electron chi connectivity index (χ1n) is 4.66. The van der Waals surface area contributed by atoms with Gasteiger partial charge < -0.3 is 4.74 Å². The van der Waals surface area contributed by atoms with Crippen LogP contribution in [0.4, 0.5) is 0 Å². The normalized spacial score (nSPS) is 30.0. The average molecular weight is 174 g/mol. The van der Waals surface area contributed by atoms with Gasteiger partial charge in [-0.3, -0.25) is 0 Å². The molecule has 0 aromatic rings. The van der Waals surface area contributed by atoms with Crippen LogP contribution in [0.1, 0.15) is 19.3 Å². The SMILES string of the molecule is O=C1C=C2C3=C(C=CC3)CCC2O1. The zero-order valence-corrected chi connectivity index (χ0v) is 7.25. The Morgan fingerprint density at radius 1 is 1.46 bits per heavy atom. The van der Waals surface area contributed by atoms with Gasteiger partial charge in [0.25, 0.3) is 0 Å². The van der Waals surface area contributed by atoms with Crippen molar-refractivity contribution in [1.29, 1.82) is 0 Å². The van der Waals surface area contributed by atoms with E-state index in [0.29, 0.717) is 0 Å². The molecular weight excluding hydrogens is 164 g/mol. The second-order valence-corrected chi connectivity index (χ2v) is 3.67. The van der Waals surface area contributed by atoms with Crippen molar-refractivity contribution in [2.45, 2.75) is 25.4 Å². The quantitative estimate of drug-likeness (QED) is 0.524. The summed E-state index contributed by atoms with van der Waals surface area (Å²) in [5, 5.41) is 0. The molecule has 66 valence electrons. The molecule has 0 radical (unpaired) electrons. The van der Waals surface area contributed by atoms with Crippen LogP contribution in [-0.2, 0) is 9.53 Å². The van der Waals surface area contributed by atoms with Crippen molar-refractivity contribution in [3.8, 4) is 0 Å². The number of allylic oxidation sites excluding steroid dienone is 3. The van der Waals surface area contributed by atoms with Gasteiger partial charge in [0.15, 0.2) is 0 Å². The highest BCUT2D eigenvalue weighted by atomic mass is 16.5. The third-order valence-corrected chi connectivity index (χ3v) is 2.93. The third kappa shape index (κ3) is 0.916. The summed E-state index contributed by atoms with van der Waals surface area (Å²) in [5.41, 5.74) is 3.87. The standard InChI is InChI=1S/C11H10O2/c12-11-6-9-8-3-1-2-7(8)4-5-10(9)13-11/h1-2,6,10H,3-5H2. The minimum absolute atomic E-state index is 0.0612. The number of esters is 1. The van der Waals surface area contributed by atoms with Crippen molar-refractivity contribution in [3.63, 3.8) is 0 Å². The zero-order valence-electron chi connectivity index (χ0n) is 7.25. The lowest BCUT2D eigenvalue weighted by Crippen LogP contribution is -2.16.